The number of aromatic nitrogens is 1. The van der Waals surface area contributed by atoms with Crippen LogP contribution in [0.25, 0.3) is 28.4 Å². The minimum atomic E-state index is 0.973. The third kappa shape index (κ3) is 2.86. The summed E-state index contributed by atoms with van der Waals surface area (Å²) in [5.74, 6) is 0. The summed E-state index contributed by atoms with van der Waals surface area (Å²) in [7, 11) is 0. The molecule has 142 valence electrons. The van der Waals surface area contributed by atoms with Crippen LogP contribution < -0.4 is 0 Å². The Morgan fingerprint density at radius 3 is 2.75 bits per heavy atom. The van der Waals surface area contributed by atoms with E-state index in [4.69, 9.17) is 0 Å². The zero-order valence-corrected chi connectivity index (χ0v) is 17.5. The van der Waals surface area contributed by atoms with Crippen molar-refractivity contribution in [1.29, 1.82) is 0 Å². The Morgan fingerprint density at radius 2 is 2.00 bits per heavy atom. The van der Waals surface area contributed by atoms with Crippen molar-refractivity contribution in [3.05, 3.63) is 88.3 Å². The van der Waals surface area contributed by atoms with Crippen molar-refractivity contribution in [1.82, 2.24) is 4.40 Å². The maximum atomic E-state index is 4.33. The van der Waals surface area contributed by atoms with Crippen molar-refractivity contribution in [2.45, 2.75) is 47.0 Å². The average molecular weight is 368 g/mol. The lowest BCUT2D eigenvalue weighted by atomic mass is 9.97. The molecule has 0 saturated carbocycles. The average Bonchev–Trinajstić information content (AvgIpc) is 3.21. The fourth-order valence-electron chi connectivity index (χ4n) is 4.38. The number of allylic oxidation sites excluding steroid dienone is 7. The van der Waals surface area contributed by atoms with E-state index in [2.05, 4.69) is 93.3 Å². The first-order chi connectivity index (χ1) is 13.6. The third-order valence-electron chi connectivity index (χ3n) is 6.09. The van der Waals surface area contributed by atoms with Gasteiger partial charge in [0.05, 0.1) is 5.52 Å². The van der Waals surface area contributed by atoms with Crippen LogP contribution in [0.1, 0.15) is 56.1 Å². The maximum absolute atomic E-state index is 4.33. The molecule has 28 heavy (non-hydrogen) atoms. The second-order valence-electron chi connectivity index (χ2n) is 7.75. The highest BCUT2D eigenvalue weighted by atomic mass is 14.9. The number of nitrogens with zero attached hydrogens (tertiary/aromatic N) is 1. The van der Waals surface area contributed by atoms with E-state index in [-0.39, 0.29) is 0 Å². The van der Waals surface area contributed by atoms with Gasteiger partial charge in [0.15, 0.2) is 0 Å². The van der Waals surface area contributed by atoms with E-state index in [1.165, 1.54) is 50.0 Å². The highest BCUT2D eigenvalue weighted by Gasteiger charge is 2.22. The van der Waals surface area contributed by atoms with E-state index < -0.39 is 0 Å². The smallest absolute Gasteiger partial charge is 0.0613 e. The third-order valence-corrected chi connectivity index (χ3v) is 6.09. The second kappa shape index (κ2) is 7.31. The summed E-state index contributed by atoms with van der Waals surface area (Å²) in [6.07, 6.45) is 16.6. The van der Waals surface area contributed by atoms with E-state index in [1.807, 2.05) is 0 Å². The summed E-state index contributed by atoms with van der Waals surface area (Å²) in [5.41, 5.74) is 10.6. The van der Waals surface area contributed by atoms with Crippen LogP contribution in [-0.2, 0) is 6.42 Å². The first-order valence-electron chi connectivity index (χ1n) is 10.3. The normalized spacial score (nSPS) is 15.3. The number of hydrogen-bond donors (Lipinski definition) is 0. The number of rotatable bonds is 5. The number of benzene rings is 1. The zero-order chi connectivity index (χ0) is 19.8. The molecule has 1 aliphatic rings. The van der Waals surface area contributed by atoms with Crippen molar-refractivity contribution in [3.8, 4) is 0 Å². The Morgan fingerprint density at radius 1 is 1.21 bits per heavy atom. The van der Waals surface area contributed by atoms with Crippen LogP contribution in [0.15, 0.2) is 65.8 Å². The monoisotopic (exact) mass is 367 g/mol. The molecule has 0 amide bonds. The zero-order valence-electron chi connectivity index (χ0n) is 17.5. The quantitative estimate of drug-likeness (QED) is 0.407. The van der Waals surface area contributed by atoms with Gasteiger partial charge in [-0.15, -0.1) is 0 Å². The Balaban J connectivity index is 1.89. The minimum Gasteiger partial charge on any atom is -0.316 e. The van der Waals surface area contributed by atoms with E-state index >= 15 is 0 Å². The van der Waals surface area contributed by atoms with E-state index in [9.17, 15) is 0 Å². The maximum Gasteiger partial charge on any atom is 0.0613 e. The summed E-state index contributed by atoms with van der Waals surface area (Å²) in [4.78, 5) is 0. The van der Waals surface area contributed by atoms with Gasteiger partial charge in [-0.05, 0) is 57.3 Å². The molecule has 0 bridgehead atoms. The van der Waals surface area contributed by atoms with Gasteiger partial charge in [0.2, 0.25) is 0 Å². The van der Waals surface area contributed by atoms with Gasteiger partial charge in [-0.3, -0.25) is 0 Å². The fourth-order valence-corrected chi connectivity index (χ4v) is 4.38. The highest BCUT2D eigenvalue weighted by molar-refractivity contribution is 6.07. The SMILES string of the molecule is C=C(/C=C\C(C)=C/C)/C(=C/c1c(C)n2c3c(c4cccc1c42)C=CCC3)CC. The summed E-state index contributed by atoms with van der Waals surface area (Å²) >= 11 is 0. The van der Waals surface area contributed by atoms with Crippen LogP contribution in [-0.4, -0.2) is 4.40 Å². The van der Waals surface area contributed by atoms with Gasteiger partial charge in [-0.2, -0.15) is 0 Å². The molecule has 0 aliphatic heterocycles. The molecule has 2 aromatic heterocycles. The van der Waals surface area contributed by atoms with E-state index in [1.54, 1.807) is 0 Å². The summed E-state index contributed by atoms with van der Waals surface area (Å²) in [6.45, 7) is 13.0. The molecule has 2 heterocycles. The molecule has 0 radical (unpaired) electrons. The lowest BCUT2D eigenvalue weighted by molar-refractivity contribution is 0.897. The first-order valence-corrected chi connectivity index (χ1v) is 10.3. The van der Waals surface area contributed by atoms with Crippen LogP contribution in [0.3, 0.4) is 0 Å². The van der Waals surface area contributed by atoms with Gasteiger partial charge in [0, 0.05) is 33.3 Å². The van der Waals surface area contributed by atoms with Gasteiger partial charge in [0.1, 0.15) is 0 Å². The van der Waals surface area contributed by atoms with E-state index in [0.717, 1.165) is 24.8 Å². The topological polar surface area (TPSA) is 4.41 Å². The van der Waals surface area contributed by atoms with Crippen molar-refractivity contribution in [3.63, 3.8) is 0 Å². The Bertz CT molecular complexity index is 1170. The molecule has 1 aromatic carbocycles. The van der Waals surface area contributed by atoms with Crippen LogP contribution in [0.4, 0.5) is 0 Å². The molecule has 1 nitrogen and oxygen atoms in total. The second-order valence-corrected chi connectivity index (χ2v) is 7.75. The lowest BCUT2D eigenvalue weighted by Crippen LogP contribution is -1.98. The van der Waals surface area contributed by atoms with Crippen LogP contribution in [0.5, 0.6) is 0 Å². The van der Waals surface area contributed by atoms with Gasteiger partial charge in [0.25, 0.3) is 0 Å². The Hall–Kier alpha value is -2.80. The molecule has 0 saturated heterocycles. The molecule has 0 unspecified atom stereocenters. The molecule has 1 heteroatoms. The molecule has 0 atom stereocenters. The molecule has 1 aliphatic carbocycles. The van der Waals surface area contributed by atoms with Crippen molar-refractivity contribution in [2.24, 2.45) is 0 Å². The lowest BCUT2D eigenvalue weighted by Gasteiger charge is -2.09. The van der Waals surface area contributed by atoms with Gasteiger partial charge < -0.3 is 4.40 Å². The van der Waals surface area contributed by atoms with Gasteiger partial charge >= 0.3 is 0 Å². The molecule has 0 spiro atoms. The number of hydrogen-bond acceptors (Lipinski definition) is 0. The highest BCUT2D eigenvalue weighted by Crippen LogP contribution is 2.39. The standard InChI is InChI=1S/C27H29N/c1-6-18(3)15-16-19(4)21(7-2)17-25-20(5)28-26-14-9-8-11-22(26)23-12-10-13-24(25)27(23)28/h6,8,10-13,15-17H,4,7,9,14H2,1-3,5H3/b16-15-,18-6-,21-17+. The fraction of sp³-hybridized carbons (Fsp3) is 0.259. The largest absolute Gasteiger partial charge is 0.316 e. The first kappa shape index (κ1) is 18.6. The van der Waals surface area contributed by atoms with Gasteiger partial charge in [-0.1, -0.05) is 67.7 Å². The molecule has 0 N–H and O–H groups in total. The van der Waals surface area contributed by atoms with E-state index in [0.29, 0.717) is 0 Å². The van der Waals surface area contributed by atoms with Crippen LogP contribution >= 0.6 is 0 Å². The number of aryl methyl sites for hydroxylation is 2. The molecular formula is C27H29N. The number of fused-ring (bicyclic) bond motifs is 3. The summed E-state index contributed by atoms with van der Waals surface area (Å²) < 4.78 is 2.51. The van der Waals surface area contributed by atoms with Crippen molar-refractivity contribution >= 4 is 28.4 Å². The Kier molecular flexibility index (Phi) is 4.85. The molecule has 3 aromatic rings. The predicted molar refractivity (Wildman–Crippen MR) is 124 cm³/mol. The molecule has 4 rings (SSSR count). The van der Waals surface area contributed by atoms with Crippen molar-refractivity contribution < 1.29 is 0 Å². The molecule has 0 fully saturated rings. The Labute approximate surface area is 168 Å². The summed E-state index contributed by atoms with van der Waals surface area (Å²) in [6, 6.07) is 6.74. The van der Waals surface area contributed by atoms with Crippen molar-refractivity contribution in [2.75, 3.05) is 0 Å². The summed E-state index contributed by atoms with van der Waals surface area (Å²) in [5, 5.41) is 2.73. The van der Waals surface area contributed by atoms with Crippen LogP contribution in [0.2, 0.25) is 0 Å². The predicted octanol–water partition coefficient (Wildman–Crippen LogP) is 7.67. The minimum absolute atomic E-state index is 0.973. The number of para-hydroxylation sites is 1. The van der Waals surface area contributed by atoms with Crippen LogP contribution in [0, 0.1) is 6.92 Å². The van der Waals surface area contributed by atoms with Gasteiger partial charge in [-0.25, -0.2) is 0 Å². The molecular weight excluding hydrogens is 338 g/mol.